The van der Waals surface area contributed by atoms with Crippen LogP contribution in [0, 0.1) is 5.41 Å². The summed E-state index contributed by atoms with van der Waals surface area (Å²) in [7, 11) is 0. The number of hydrogen-bond acceptors (Lipinski definition) is 1. The molecule has 0 saturated carbocycles. The molecule has 0 radical (unpaired) electrons. The average molecular weight is 281 g/mol. The quantitative estimate of drug-likeness (QED) is 0.363. The van der Waals surface area contributed by atoms with Crippen LogP contribution in [-0.2, 0) is 4.79 Å². The lowest BCUT2D eigenvalue weighted by atomic mass is 9.77. The molecule has 1 N–H and O–H groups in total. The molecule has 20 heavy (non-hydrogen) atoms. The molecule has 0 bridgehead atoms. The first-order valence-electron chi connectivity index (χ1n) is 8.48. The van der Waals surface area contributed by atoms with Gasteiger partial charge in [0.15, 0.2) is 0 Å². The van der Waals surface area contributed by atoms with Gasteiger partial charge in [0.05, 0.1) is 0 Å². The Labute approximate surface area is 126 Å². The van der Waals surface area contributed by atoms with Gasteiger partial charge in [0.25, 0.3) is 0 Å². The zero-order valence-corrected chi connectivity index (χ0v) is 14.0. The Morgan fingerprint density at radius 2 is 1.60 bits per heavy atom. The number of carbonyl (C=O) groups is 1. The van der Waals surface area contributed by atoms with Gasteiger partial charge in [-0.3, -0.25) is 4.79 Å². The smallest absolute Gasteiger partial charge is 0.243 e. The van der Waals surface area contributed by atoms with Gasteiger partial charge in [0, 0.05) is 6.54 Å². The van der Waals surface area contributed by atoms with E-state index < -0.39 is 0 Å². The molecule has 0 heterocycles. The monoisotopic (exact) mass is 281 g/mol. The van der Waals surface area contributed by atoms with E-state index >= 15 is 0 Å². The third kappa shape index (κ3) is 10.1. The van der Waals surface area contributed by atoms with Crippen molar-refractivity contribution in [1.82, 2.24) is 5.32 Å². The first kappa shape index (κ1) is 19.2. The van der Waals surface area contributed by atoms with Crippen LogP contribution < -0.4 is 5.32 Å². The summed E-state index contributed by atoms with van der Waals surface area (Å²) in [4.78, 5) is 11.2. The molecule has 0 aliphatic carbocycles. The van der Waals surface area contributed by atoms with Crippen molar-refractivity contribution >= 4 is 5.91 Å². The van der Waals surface area contributed by atoms with Crippen LogP contribution >= 0.6 is 0 Å². The Morgan fingerprint density at radius 3 is 2.20 bits per heavy atom. The molecule has 0 aromatic carbocycles. The second-order valence-electron chi connectivity index (χ2n) is 6.32. The van der Waals surface area contributed by atoms with Crippen molar-refractivity contribution in [3.8, 4) is 0 Å². The minimum Gasteiger partial charge on any atom is -0.353 e. The molecule has 2 nitrogen and oxygen atoms in total. The molecule has 0 spiro atoms. The molecule has 0 saturated heterocycles. The normalized spacial score (nSPS) is 13.8. The molecule has 0 rings (SSSR count). The van der Waals surface area contributed by atoms with Gasteiger partial charge in [-0.15, -0.1) is 0 Å². The van der Waals surface area contributed by atoms with Crippen molar-refractivity contribution in [2.24, 2.45) is 5.41 Å². The maximum Gasteiger partial charge on any atom is 0.243 e. The average Bonchev–Trinajstić information content (AvgIpc) is 2.45. The van der Waals surface area contributed by atoms with Gasteiger partial charge in [-0.1, -0.05) is 72.3 Å². The van der Waals surface area contributed by atoms with Gasteiger partial charge in [-0.2, -0.15) is 0 Å². The van der Waals surface area contributed by atoms with Crippen molar-refractivity contribution in [2.75, 3.05) is 6.54 Å². The zero-order valence-electron chi connectivity index (χ0n) is 14.0. The van der Waals surface area contributed by atoms with E-state index in [1.165, 1.54) is 63.9 Å². The molecule has 1 amide bonds. The summed E-state index contributed by atoms with van der Waals surface area (Å²) in [5.41, 5.74) is 0.386. The molecule has 1 unspecified atom stereocenters. The van der Waals surface area contributed by atoms with E-state index in [1.807, 2.05) is 0 Å². The van der Waals surface area contributed by atoms with E-state index in [0.29, 0.717) is 5.41 Å². The van der Waals surface area contributed by atoms with Crippen LogP contribution in [0.25, 0.3) is 0 Å². The van der Waals surface area contributed by atoms with Crippen LogP contribution in [-0.4, -0.2) is 12.5 Å². The molecule has 1 atom stereocenters. The SMILES string of the molecule is C=CC(=O)NCCC(C)(CCCC)CCCCCCC. The first-order chi connectivity index (χ1) is 9.58. The lowest BCUT2D eigenvalue weighted by Gasteiger charge is -2.30. The Bertz CT molecular complexity index is 262. The van der Waals surface area contributed by atoms with Crippen molar-refractivity contribution < 1.29 is 4.79 Å². The minimum atomic E-state index is -0.0502. The fourth-order valence-corrected chi connectivity index (χ4v) is 2.69. The van der Waals surface area contributed by atoms with Crippen LogP contribution in [0.3, 0.4) is 0 Å². The molecule has 0 aromatic heterocycles. The summed E-state index contributed by atoms with van der Waals surface area (Å²) in [6, 6.07) is 0. The number of nitrogens with one attached hydrogen (secondary N) is 1. The third-order valence-electron chi connectivity index (χ3n) is 4.23. The van der Waals surface area contributed by atoms with Gasteiger partial charge in [-0.05, 0) is 30.8 Å². The summed E-state index contributed by atoms with van der Waals surface area (Å²) in [5, 5.41) is 2.92. The lowest BCUT2D eigenvalue weighted by Crippen LogP contribution is -2.28. The van der Waals surface area contributed by atoms with Gasteiger partial charge < -0.3 is 5.32 Å². The van der Waals surface area contributed by atoms with E-state index in [1.54, 1.807) is 0 Å². The van der Waals surface area contributed by atoms with Gasteiger partial charge in [-0.25, -0.2) is 0 Å². The molecule has 0 aliphatic rings. The van der Waals surface area contributed by atoms with Crippen molar-refractivity contribution in [1.29, 1.82) is 0 Å². The summed E-state index contributed by atoms with van der Waals surface area (Å²) >= 11 is 0. The highest BCUT2D eigenvalue weighted by Gasteiger charge is 2.22. The number of amides is 1. The Morgan fingerprint density at radius 1 is 1.00 bits per heavy atom. The predicted molar refractivity (Wildman–Crippen MR) is 88.8 cm³/mol. The number of carbonyl (C=O) groups excluding carboxylic acids is 1. The summed E-state index contributed by atoms with van der Waals surface area (Å²) in [5.74, 6) is -0.0502. The largest absolute Gasteiger partial charge is 0.353 e. The molecule has 0 aliphatic heterocycles. The maximum absolute atomic E-state index is 11.2. The van der Waals surface area contributed by atoms with E-state index in [-0.39, 0.29) is 5.91 Å². The molecule has 0 aromatic rings. The van der Waals surface area contributed by atoms with Crippen LogP contribution in [0.5, 0.6) is 0 Å². The number of hydrogen-bond donors (Lipinski definition) is 1. The second kappa shape index (κ2) is 12.0. The minimum absolute atomic E-state index is 0.0502. The van der Waals surface area contributed by atoms with Gasteiger partial charge in [0.2, 0.25) is 5.91 Å². The number of unbranched alkanes of at least 4 members (excludes halogenated alkanes) is 5. The Balaban J connectivity index is 4.06. The first-order valence-corrected chi connectivity index (χ1v) is 8.48. The van der Waals surface area contributed by atoms with Crippen molar-refractivity contribution in [2.45, 2.75) is 85.0 Å². The summed E-state index contributed by atoms with van der Waals surface area (Å²) in [6.07, 6.45) is 14.3. The standard InChI is InChI=1S/C18H35NO/c1-5-8-10-11-12-14-18(4,13-9-6-2)15-16-19-17(20)7-3/h7H,3,5-6,8-16H2,1-2,4H3,(H,19,20). The van der Waals surface area contributed by atoms with Crippen LogP contribution in [0.1, 0.15) is 85.0 Å². The van der Waals surface area contributed by atoms with E-state index in [4.69, 9.17) is 0 Å². The number of rotatable bonds is 13. The molecule has 118 valence electrons. The summed E-state index contributed by atoms with van der Waals surface area (Å²) in [6.45, 7) is 11.2. The fraction of sp³-hybridized carbons (Fsp3) is 0.833. The Hall–Kier alpha value is -0.790. The van der Waals surface area contributed by atoms with Crippen molar-refractivity contribution in [3.63, 3.8) is 0 Å². The van der Waals surface area contributed by atoms with Crippen LogP contribution in [0.15, 0.2) is 12.7 Å². The highest BCUT2D eigenvalue weighted by Crippen LogP contribution is 2.34. The third-order valence-corrected chi connectivity index (χ3v) is 4.23. The summed E-state index contributed by atoms with van der Waals surface area (Å²) < 4.78 is 0. The maximum atomic E-state index is 11.2. The van der Waals surface area contributed by atoms with E-state index in [9.17, 15) is 4.79 Å². The fourth-order valence-electron chi connectivity index (χ4n) is 2.69. The zero-order chi connectivity index (χ0) is 15.3. The second-order valence-corrected chi connectivity index (χ2v) is 6.32. The van der Waals surface area contributed by atoms with Crippen LogP contribution in [0.4, 0.5) is 0 Å². The topological polar surface area (TPSA) is 29.1 Å². The highest BCUT2D eigenvalue weighted by molar-refractivity contribution is 5.86. The van der Waals surface area contributed by atoms with Gasteiger partial charge >= 0.3 is 0 Å². The lowest BCUT2D eigenvalue weighted by molar-refractivity contribution is -0.116. The molecule has 0 fully saturated rings. The van der Waals surface area contributed by atoms with Crippen molar-refractivity contribution in [3.05, 3.63) is 12.7 Å². The molecular weight excluding hydrogens is 246 g/mol. The Kier molecular flexibility index (Phi) is 11.5. The van der Waals surface area contributed by atoms with E-state index in [0.717, 1.165) is 13.0 Å². The highest BCUT2D eigenvalue weighted by atomic mass is 16.1. The van der Waals surface area contributed by atoms with E-state index in [2.05, 4.69) is 32.7 Å². The predicted octanol–water partition coefficient (Wildman–Crippen LogP) is 5.24. The molecule has 2 heteroatoms. The van der Waals surface area contributed by atoms with Crippen LogP contribution in [0.2, 0.25) is 0 Å². The van der Waals surface area contributed by atoms with Gasteiger partial charge in [0.1, 0.15) is 0 Å². The molecular formula is C18H35NO.